The molecule has 1 fully saturated rings. The van der Waals surface area contributed by atoms with Crippen molar-refractivity contribution in [3.05, 3.63) is 29.8 Å². The summed E-state index contributed by atoms with van der Waals surface area (Å²) in [4.78, 5) is 14.0. The summed E-state index contributed by atoms with van der Waals surface area (Å²) in [5.74, 6) is -0.340. The van der Waals surface area contributed by atoms with Crippen molar-refractivity contribution in [2.24, 2.45) is 0 Å². The summed E-state index contributed by atoms with van der Waals surface area (Å²) in [6.07, 6.45) is 1.77. The lowest BCUT2D eigenvalue weighted by atomic mass is 10.2. The molecule has 21 heavy (non-hydrogen) atoms. The molecule has 1 aromatic rings. The first-order chi connectivity index (χ1) is 10.1. The molecule has 0 aromatic heterocycles. The van der Waals surface area contributed by atoms with E-state index in [9.17, 15) is 15.1 Å². The lowest BCUT2D eigenvalue weighted by Crippen LogP contribution is -2.44. The molecule has 1 aliphatic rings. The van der Waals surface area contributed by atoms with E-state index < -0.39 is 5.97 Å². The van der Waals surface area contributed by atoms with Gasteiger partial charge in [-0.3, -0.25) is 0 Å². The van der Waals surface area contributed by atoms with Crippen molar-refractivity contribution < 1.29 is 19.8 Å². The molecule has 0 bridgehead atoms. The molecule has 0 amide bonds. The van der Waals surface area contributed by atoms with Crippen molar-refractivity contribution in [1.82, 2.24) is 9.96 Å². The molecular formula is C15H22N2O4. The van der Waals surface area contributed by atoms with E-state index >= 15 is 0 Å². The molecule has 0 spiro atoms. The van der Waals surface area contributed by atoms with Gasteiger partial charge in [-0.1, -0.05) is 6.07 Å². The van der Waals surface area contributed by atoms with Crippen molar-refractivity contribution in [2.75, 3.05) is 39.3 Å². The highest BCUT2D eigenvalue weighted by Crippen LogP contribution is 2.12. The fourth-order valence-electron chi connectivity index (χ4n) is 2.28. The number of rotatable bonds is 6. The molecule has 6 heteroatoms. The Morgan fingerprint density at radius 2 is 1.95 bits per heavy atom. The van der Waals surface area contributed by atoms with Crippen LogP contribution in [0.1, 0.15) is 23.2 Å². The van der Waals surface area contributed by atoms with Gasteiger partial charge in [0.25, 0.3) is 0 Å². The van der Waals surface area contributed by atoms with Gasteiger partial charge in [0.2, 0.25) is 0 Å². The number of phenols is 1. The molecule has 116 valence electrons. The number of carbonyl (C=O) groups is 1. The Kier molecular flexibility index (Phi) is 5.98. The highest BCUT2D eigenvalue weighted by Gasteiger charge is 2.14. The van der Waals surface area contributed by atoms with Crippen LogP contribution in [0.3, 0.4) is 0 Å². The molecule has 0 saturated carbocycles. The molecule has 1 aliphatic heterocycles. The number of hydroxylamine groups is 2. The molecule has 1 saturated heterocycles. The average molecular weight is 294 g/mol. The maximum atomic E-state index is 11.7. The van der Waals surface area contributed by atoms with Gasteiger partial charge in [-0.05, 0) is 37.6 Å². The van der Waals surface area contributed by atoms with Crippen LogP contribution in [-0.4, -0.2) is 65.6 Å². The van der Waals surface area contributed by atoms with E-state index in [1.54, 1.807) is 12.1 Å². The Bertz CT molecular complexity index is 459. The van der Waals surface area contributed by atoms with Gasteiger partial charge in [0, 0.05) is 26.2 Å². The maximum absolute atomic E-state index is 11.7. The summed E-state index contributed by atoms with van der Waals surface area (Å²) >= 11 is 0. The van der Waals surface area contributed by atoms with Crippen LogP contribution >= 0.6 is 0 Å². The van der Waals surface area contributed by atoms with E-state index in [0.717, 1.165) is 32.5 Å². The van der Waals surface area contributed by atoms with Crippen LogP contribution in [0.15, 0.2) is 24.3 Å². The topological polar surface area (TPSA) is 73.2 Å². The number of unbranched alkanes of at least 4 members (excludes halogenated alkanes) is 1. The molecule has 6 nitrogen and oxygen atoms in total. The van der Waals surface area contributed by atoms with E-state index in [4.69, 9.17) is 4.74 Å². The first-order valence-corrected chi connectivity index (χ1v) is 7.27. The average Bonchev–Trinajstić information content (AvgIpc) is 2.48. The minimum Gasteiger partial charge on any atom is -0.508 e. The zero-order chi connectivity index (χ0) is 15.1. The summed E-state index contributed by atoms with van der Waals surface area (Å²) < 4.78 is 5.17. The Balaban J connectivity index is 1.58. The monoisotopic (exact) mass is 294 g/mol. The quantitative estimate of drug-likeness (QED) is 0.609. The van der Waals surface area contributed by atoms with Crippen molar-refractivity contribution in [2.45, 2.75) is 12.8 Å². The second-order valence-electron chi connectivity index (χ2n) is 5.19. The Hall–Kier alpha value is -1.63. The normalized spacial score (nSPS) is 16.8. The summed E-state index contributed by atoms with van der Waals surface area (Å²) in [7, 11) is 0. The summed E-state index contributed by atoms with van der Waals surface area (Å²) in [5, 5.41) is 19.9. The van der Waals surface area contributed by atoms with Gasteiger partial charge in [0.15, 0.2) is 0 Å². The lowest BCUT2D eigenvalue weighted by Gasteiger charge is -2.30. The van der Waals surface area contributed by atoms with Gasteiger partial charge in [-0.15, -0.1) is 0 Å². The molecular weight excluding hydrogens is 272 g/mol. The Morgan fingerprint density at radius 3 is 2.67 bits per heavy atom. The molecule has 0 aliphatic carbocycles. The highest BCUT2D eigenvalue weighted by atomic mass is 16.5. The van der Waals surface area contributed by atoms with E-state index in [0.29, 0.717) is 25.3 Å². The molecule has 2 rings (SSSR count). The number of nitrogens with zero attached hydrogens (tertiary/aromatic N) is 2. The SMILES string of the molecule is O=C(OCCCCN1CCN(O)CC1)c1cccc(O)c1. The van der Waals surface area contributed by atoms with Crippen LogP contribution in [0.2, 0.25) is 0 Å². The molecule has 2 N–H and O–H groups in total. The molecule has 0 radical (unpaired) electrons. The van der Waals surface area contributed by atoms with Crippen LogP contribution in [0.5, 0.6) is 5.75 Å². The Labute approximate surface area is 124 Å². The molecule has 0 atom stereocenters. The minimum absolute atomic E-state index is 0.0625. The highest BCUT2D eigenvalue weighted by molar-refractivity contribution is 5.89. The van der Waals surface area contributed by atoms with Gasteiger partial charge in [0.05, 0.1) is 12.2 Å². The number of phenolic OH excluding ortho intramolecular Hbond substituents is 1. The number of ether oxygens (including phenoxy) is 1. The number of esters is 1. The second kappa shape index (κ2) is 7.97. The van der Waals surface area contributed by atoms with E-state index in [1.165, 1.54) is 17.2 Å². The Morgan fingerprint density at radius 1 is 1.19 bits per heavy atom. The van der Waals surface area contributed by atoms with Crippen LogP contribution in [0.4, 0.5) is 0 Å². The number of carbonyl (C=O) groups excluding carboxylic acids is 1. The zero-order valence-corrected chi connectivity index (χ0v) is 12.1. The predicted octanol–water partition coefficient (Wildman–Crippen LogP) is 1.34. The smallest absolute Gasteiger partial charge is 0.338 e. The third-order valence-electron chi connectivity index (χ3n) is 3.53. The van der Waals surface area contributed by atoms with Gasteiger partial charge in [-0.2, -0.15) is 5.06 Å². The van der Waals surface area contributed by atoms with Gasteiger partial charge in [-0.25, -0.2) is 4.79 Å². The third kappa shape index (κ3) is 5.34. The predicted molar refractivity (Wildman–Crippen MR) is 77.4 cm³/mol. The fraction of sp³-hybridized carbons (Fsp3) is 0.533. The van der Waals surface area contributed by atoms with E-state index in [-0.39, 0.29) is 5.75 Å². The number of piperazine rings is 1. The third-order valence-corrected chi connectivity index (χ3v) is 3.53. The van der Waals surface area contributed by atoms with Gasteiger partial charge in [0.1, 0.15) is 5.75 Å². The van der Waals surface area contributed by atoms with Crippen LogP contribution in [0.25, 0.3) is 0 Å². The number of benzene rings is 1. The van der Waals surface area contributed by atoms with Gasteiger partial charge < -0.3 is 20.0 Å². The molecule has 0 unspecified atom stereocenters. The first kappa shape index (κ1) is 15.8. The van der Waals surface area contributed by atoms with Crippen LogP contribution < -0.4 is 0 Å². The van der Waals surface area contributed by atoms with Gasteiger partial charge >= 0.3 is 5.97 Å². The number of hydrogen-bond donors (Lipinski definition) is 2. The fourth-order valence-corrected chi connectivity index (χ4v) is 2.28. The van der Waals surface area contributed by atoms with Crippen LogP contribution in [0, 0.1) is 0 Å². The summed E-state index contributed by atoms with van der Waals surface area (Å²) in [5.41, 5.74) is 0.370. The largest absolute Gasteiger partial charge is 0.508 e. The van der Waals surface area contributed by atoms with Crippen molar-refractivity contribution >= 4 is 5.97 Å². The summed E-state index contributed by atoms with van der Waals surface area (Å²) in [6.45, 7) is 4.46. The lowest BCUT2D eigenvalue weighted by molar-refractivity contribution is -0.117. The molecule has 1 heterocycles. The first-order valence-electron chi connectivity index (χ1n) is 7.27. The van der Waals surface area contributed by atoms with E-state index in [1.807, 2.05) is 0 Å². The number of aromatic hydroxyl groups is 1. The second-order valence-corrected chi connectivity index (χ2v) is 5.19. The standard InChI is InChI=1S/C15H22N2O4/c18-14-5-3-4-13(12-14)15(19)21-11-2-1-6-16-7-9-17(20)10-8-16/h3-5,12,18,20H,1-2,6-11H2. The van der Waals surface area contributed by atoms with Crippen molar-refractivity contribution in [3.8, 4) is 5.75 Å². The van der Waals surface area contributed by atoms with E-state index in [2.05, 4.69) is 4.90 Å². The van der Waals surface area contributed by atoms with Crippen molar-refractivity contribution in [1.29, 1.82) is 0 Å². The van der Waals surface area contributed by atoms with Crippen molar-refractivity contribution in [3.63, 3.8) is 0 Å². The molecule has 1 aromatic carbocycles. The maximum Gasteiger partial charge on any atom is 0.338 e. The minimum atomic E-state index is -0.403. The number of hydrogen-bond acceptors (Lipinski definition) is 6. The summed E-state index contributed by atoms with van der Waals surface area (Å²) in [6, 6.07) is 6.16. The van der Waals surface area contributed by atoms with Crippen LogP contribution in [-0.2, 0) is 4.74 Å². The zero-order valence-electron chi connectivity index (χ0n) is 12.1.